The number of aliphatic hydroxyl groups is 3. The predicted molar refractivity (Wildman–Crippen MR) is 114 cm³/mol. The molecule has 3 N–H and O–H groups in total. The van der Waals surface area contributed by atoms with E-state index in [2.05, 4.69) is 0 Å². The Kier molecular flexibility index (Phi) is 8.92. The fourth-order valence-corrected chi connectivity index (χ4v) is 4.22. The van der Waals surface area contributed by atoms with Crippen molar-refractivity contribution in [3.63, 3.8) is 0 Å². The van der Waals surface area contributed by atoms with E-state index in [1.165, 1.54) is 11.3 Å². The number of aryl methyl sites for hydroxylation is 2. The van der Waals surface area contributed by atoms with Gasteiger partial charge in [-0.15, -0.1) is 11.3 Å². The highest BCUT2D eigenvalue weighted by Gasteiger charge is 2.68. The Hall–Kier alpha value is -2.14. The van der Waals surface area contributed by atoms with E-state index < -0.39 is 18.0 Å². The molecule has 0 saturated carbocycles. The topological polar surface area (TPSA) is 60.7 Å². The van der Waals surface area contributed by atoms with Crippen LogP contribution in [-0.2, 0) is 26.1 Å². The monoisotopic (exact) mass is 494 g/mol. The Bertz CT molecular complexity index is 975. The Morgan fingerprint density at radius 3 is 2.09 bits per heavy atom. The lowest BCUT2D eigenvalue weighted by Crippen LogP contribution is -2.55. The molecule has 0 spiro atoms. The third kappa shape index (κ3) is 6.47. The first-order valence-corrected chi connectivity index (χ1v) is 10.8. The summed E-state index contributed by atoms with van der Waals surface area (Å²) in [6.07, 6.45) is -8.71. The third-order valence-electron chi connectivity index (χ3n) is 5.13. The van der Waals surface area contributed by atoms with E-state index in [4.69, 9.17) is 0 Å². The molecule has 182 valence electrons. The van der Waals surface area contributed by atoms with Gasteiger partial charge >= 0.3 is 12.4 Å². The van der Waals surface area contributed by atoms with Crippen molar-refractivity contribution >= 4 is 16.9 Å². The smallest absolute Gasteiger partial charge is 0.392 e. The number of hydrogen-bond acceptors (Lipinski definition) is 4. The number of rotatable bonds is 9. The van der Waals surface area contributed by atoms with E-state index >= 15 is 0 Å². The van der Waals surface area contributed by atoms with Crippen LogP contribution in [0.3, 0.4) is 0 Å². The van der Waals surface area contributed by atoms with Crippen LogP contribution in [0.5, 0.6) is 0 Å². The molecular formula is C23H24F6O3S. The van der Waals surface area contributed by atoms with Crippen LogP contribution in [-0.4, -0.2) is 33.3 Å². The van der Waals surface area contributed by atoms with Crippen molar-refractivity contribution in [2.75, 3.05) is 0 Å². The normalized spacial score (nSPS) is 13.8. The van der Waals surface area contributed by atoms with Crippen LogP contribution >= 0.6 is 11.3 Å². The van der Waals surface area contributed by atoms with E-state index in [1.54, 1.807) is 19.1 Å². The lowest BCUT2D eigenvalue weighted by Gasteiger charge is -2.29. The van der Waals surface area contributed by atoms with Gasteiger partial charge in [-0.05, 0) is 59.7 Å². The van der Waals surface area contributed by atoms with Gasteiger partial charge in [0.15, 0.2) is 0 Å². The van der Waals surface area contributed by atoms with E-state index in [1.807, 2.05) is 18.2 Å². The molecule has 2 aromatic rings. The summed E-state index contributed by atoms with van der Waals surface area (Å²) in [7, 11) is 0. The van der Waals surface area contributed by atoms with Gasteiger partial charge in [0.25, 0.3) is 5.60 Å². The molecule has 0 atom stereocenters. The minimum Gasteiger partial charge on any atom is -0.392 e. The highest BCUT2D eigenvalue weighted by atomic mass is 32.1. The molecule has 33 heavy (non-hydrogen) atoms. The highest BCUT2D eigenvalue weighted by Crippen LogP contribution is 2.44. The molecule has 0 bridgehead atoms. The molecule has 3 nitrogen and oxygen atoms in total. The van der Waals surface area contributed by atoms with Crippen LogP contribution < -0.4 is 0 Å². The van der Waals surface area contributed by atoms with Crippen molar-refractivity contribution in [1.29, 1.82) is 0 Å². The first-order chi connectivity index (χ1) is 15.4. The summed E-state index contributed by atoms with van der Waals surface area (Å²) in [5.41, 5.74) is -2.14. The Morgan fingerprint density at radius 2 is 1.55 bits per heavy atom. The third-order valence-corrected chi connectivity index (χ3v) is 6.35. The summed E-state index contributed by atoms with van der Waals surface area (Å²) >= 11 is 1.37. The molecule has 1 heterocycles. The van der Waals surface area contributed by atoms with Gasteiger partial charge in [0.1, 0.15) is 0 Å². The van der Waals surface area contributed by atoms with Crippen molar-refractivity contribution in [2.24, 2.45) is 0 Å². The van der Waals surface area contributed by atoms with Crippen LogP contribution in [0.25, 0.3) is 5.57 Å². The van der Waals surface area contributed by atoms with E-state index in [0.29, 0.717) is 46.9 Å². The van der Waals surface area contributed by atoms with Gasteiger partial charge in [0, 0.05) is 9.75 Å². The zero-order valence-corrected chi connectivity index (χ0v) is 18.5. The van der Waals surface area contributed by atoms with E-state index in [-0.39, 0.29) is 19.3 Å². The van der Waals surface area contributed by atoms with Crippen LogP contribution in [0.4, 0.5) is 26.3 Å². The SMILES string of the molecule is CC/C(=C\C=C\C(O)(C(F)(F)F)C(F)(F)F)c1ccc(CCc2ccc(CO)c(CO)c2)s1. The molecule has 1 aromatic heterocycles. The lowest BCUT2D eigenvalue weighted by atomic mass is 10.0. The average Bonchev–Trinajstić information content (AvgIpc) is 3.22. The van der Waals surface area contributed by atoms with Crippen molar-refractivity contribution in [3.8, 4) is 0 Å². The summed E-state index contributed by atoms with van der Waals surface area (Å²) in [5.74, 6) is 0. The van der Waals surface area contributed by atoms with Crippen molar-refractivity contribution in [3.05, 3.63) is 75.0 Å². The maximum atomic E-state index is 12.8. The molecule has 0 unspecified atom stereocenters. The minimum atomic E-state index is -5.90. The van der Waals surface area contributed by atoms with Gasteiger partial charge in [-0.3, -0.25) is 0 Å². The Labute approximate surface area is 191 Å². The molecular weight excluding hydrogens is 470 g/mol. The molecule has 0 fully saturated rings. The van der Waals surface area contributed by atoms with Gasteiger partial charge in [-0.25, -0.2) is 0 Å². The van der Waals surface area contributed by atoms with E-state index in [9.17, 15) is 41.7 Å². The number of allylic oxidation sites excluding steroid dienone is 3. The Balaban J connectivity index is 2.15. The summed E-state index contributed by atoms with van der Waals surface area (Å²) in [6, 6.07) is 8.99. The summed E-state index contributed by atoms with van der Waals surface area (Å²) in [4.78, 5) is 1.67. The molecule has 0 aliphatic heterocycles. The zero-order chi connectivity index (χ0) is 24.9. The first kappa shape index (κ1) is 27.1. The lowest BCUT2D eigenvalue weighted by molar-refractivity contribution is -0.347. The van der Waals surface area contributed by atoms with Gasteiger partial charge in [0.2, 0.25) is 0 Å². The Morgan fingerprint density at radius 1 is 0.909 bits per heavy atom. The van der Waals surface area contributed by atoms with Gasteiger partial charge in [-0.1, -0.05) is 37.3 Å². The van der Waals surface area contributed by atoms with Gasteiger partial charge in [0.05, 0.1) is 13.2 Å². The van der Waals surface area contributed by atoms with Crippen molar-refractivity contribution in [2.45, 2.75) is 57.4 Å². The van der Waals surface area contributed by atoms with E-state index in [0.717, 1.165) is 16.5 Å². The molecule has 0 radical (unpaired) electrons. The molecule has 10 heteroatoms. The number of alkyl halides is 6. The predicted octanol–water partition coefficient (Wildman–Crippen LogP) is 5.72. The molecule has 0 saturated heterocycles. The molecule has 1 aromatic carbocycles. The van der Waals surface area contributed by atoms with Crippen LogP contribution in [0.1, 0.15) is 39.8 Å². The van der Waals surface area contributed by atoms with Crippen molar-refractivity contribution in [1.82, 2.24) is 0 Å². The summed E-state index contributed by atoms with van der Waals surface area (Å²) < 4.78 is 76.7. The fraction of sp³-hybridized carbons (Fsp3) is 0.391. The average molecular weight is 494 g/mol. The standard InChI is InChI=1S/C23H24F6O3S/c1-2-16(4-3-11-21(32,22(24,25)26)23(27,28)29)20-10-9-19(33-20)8-6-15-5-7-17(13-30)18(12-15)14-31/h3-5,7,9-12,30-32H,2,6,8,13-14H2,1H3/b11-3+,16-4+. The molecule has 0 aliphatic rings. The molecule has 2 rings (SSSR count). The van der Waals surface area contributed by atoms with Gasteiger partial charge in [-0.2, -0.15) is 26.3 Å². The largest absolute Gasteiger partial charge is 0.430 e. The second-order valence-corrected chi connectivity index (χ2v) is 8.52. The van der Waals surface area contributed by atoms with Gasteiger partial charge < -0.3 is 15.3 Å². The fourth-order valence-electron chi connectivity index (χ4n) is 3.12. The van der Waals surface area contributed by atoms with Crippen LogP contribution in [0, 0.1) is 0 Å². The summed E-state index contributed by atoms with van der Waals surface area (Å²) in [6.45, 7) is 1.36. The number of halogens is 6. The molecule has 0 aliphatic carbocycles. The second-order valence-electron chi connectivity index (χ2n) is 7.35. The number of aliphatic hydroxyl groups excluding tert-OH is 2. The maximum Gasteiger partial charge on any atom is 0.430 e. The highest BCUT2D eigenvalue weighted by molar-refractivity contribution is 7.13. The summed E-state index contributed by atoms with van der Waals surface area (Å²) in [5, 5.41) is 27.9. The number of benzene rings is 1. The maximum absolute atomic E-state index is 12.8. The number of hydrogen-bond donors (Lipinski definition) is 3. The number of thiophene rings is 1. The quantitative estimate of drug-likeness (QED) is 0.309. The first-order valence-electron chi connectivity index (χ1n) is 10.0. The van der Waals surface area contributed by atoms with Crippen molar-refractivity contribution < 1.29 is 41.7 Å². The van der Waals surface area contributed by atoms with Crippen LogP contribution in [0.2, 0.25) is 0 Å². The van der Waals surface area contributed by atoms with Crippen LogP contribution in [0.15, 0.2) is 48.6 Å². The minimum absolute atomic E-state index is 0.172. The zero-order valence-electron chi connectivity index (χ0n) is 17.7. The molecule has 0 amide bonds. The second kappa shape index (κ2) is 10.9.